The number of carbonyl (C=O) groups excluding carboxylic acids is 1. The van der Waals surface area contributed by atoms with Crippen molar-refractivity contribution in [2.75, 3.05) is 26.2 Å². The van der Waals surface area contributed by atoms with Crippen LogP contribution in [0, 0.1) is 5.92 Å². The van der Waals surface area contributed by atoms with Crippen LogP contribution in [0.5, 0.6) is 0 Å². The highest BCUT2D eigenvalue weighted by Crippen LogP contribution is 2.20. The molecule has 1 aromatic rings. The monoisotopic (exact) mass is 373 g/mol. The van der Waals surface area contributed by atoms with Gasteiger partial charge >= 0.3 is 0 Å². The molecule has 8 heteroatoms. The molecule has 2 fully saturated rings. The molecule has 2 heterocycles. The van der Waals surface area contributed by atoms with Crippen LogP contribution in [0.4, 0.5) is 0 Å². The van der Waals surface area contributed by atoms with Crippen molar-refractivity contribution in [1.29, 1.82) is 0 Å². The molecule has 0 atom stereocenters. The number of benzene rings is 1. The maximum Gasteiger partial charge on any atom is 0.243 e. The van der Waals surface area contributed by atoms with Crippen LogP contribution in [-0.2, 0) is 21.4 Å². The predicted molar refractivity (Wildman–Crippen MR) is 94.5 cm³/mol. The van der Waals surface area contributed by atoms with Crippen molar-refractivity contribution in [3.05, 3.63) is 29.8 Å². The molecule has 134 valence electrons. The number of hydrogen-bond donors (Lipinski definition) is 2. The van der Waals surface area contributed by atoms with Gasteiger partial charge in [-0.05, 0) is 30.5 Å². The second kappa shape index (κ2) is 8.29. The first-order valence-corrected chi connectivity index (χ1v) is 9.59. The molecule has 6 nitrogen and oxygen atoms in total. The Balaban J connectivity index is 0.00000208. The highest BCUT2D eigenvalue weighted by atomic mass is 35.5. The molecular weight excluding hydrogens is 350 g/mol. The van der Waals surface area contributed by atoms with E-state index in [4.69, 9.17) is 0 Å². The number of sulfonamides is 1. The normalized spacial score (nSPS) is 19.2. The van der Waals surface area contributed by atoms with Crippen molar-refractivity contribution in [3.63, 3.8) is 0 Å². The number of amides is 1. The van der Waals surface area contributed by atoms with Crippen LogP contribution in [0.25, 0.3) is 0 Å². The van der Waals surface area contributed by atoms with Gasteiger partial charge in [0.2, 0.25) is 15.9 Å². The summed E-state index contributed by atoms with van der Waals surface area (Å²) in [5, 5.41) is 5.95. The zero-order chi connectivity index (χ0) is 16.3. The highest BCUT2D eigenvalue weighted by Gasteiger charge is 2.26. The van der Waals surface area contributed by atoms with E-state index >= 15 is 0 Å². The summed E-state index contributed by atoms with van der Waals surface area (Å²) in [5.74, 6) is 0.113. The van der Waals surface area contributed by atoms with Crippen molar-refractivity contribution in [2.24, 2.45) is 5.92 Å². The lowest BCUT2D eigenvalue weighted by Crippen LogP contribution is -2.50. The van der Waals surface area contributed by atoms with Gasteiger partial charge in [0.15, 0.2) is 0 Å². The smallest absolute Gasteiger partial charge is 0.243 e. The fourth-order valence-electron chi connectivity index (χ4n) is 2.84. The van der Waals surface area contributed by atoms with Crippen molar-refractivity contribution in [3.8, 4) is 0 Å². The van der Waals surface area contributed by atoms with E-state index in [-0.39, 0.29) is 24.2 Å². The SMILES string of the molecule is Cl.O=C(NCc1ccc(S(=O)(=O)N2CCCCC2)cc1)C1CNC1. The summed E-state index contributed by atoms with van der Waals surface area (Å²) in [5.41, 5.74) is 0.906. The molecule has 0 aromatic heterocycles. The number of rotatable bonds is 5. The van der Waals surface area contributed by atoms with Gasteiger partial charge in [-0.25, -0.2) is 8.42 Å². The van der Waals surface area contributed by atoms with E-state index in [2.05, 4.69) is 10.6 Å². The minimum absolute atomic E-state index is 0. The molecule has 1 aromatic carbocycles. The van der Waals surface area contributed by atoms with E-state index in [1.54, 1.807) is 28.6 Å². The Hall–Kier alpha value is -1.15. The summed E-state index contributed by atoms with van der Waals surface area (Å²) in [6.45, 7) is 3.11. The number of nitrogens with one attached hydrogen (secondary N) is 2. The molecule has 0 bridgehead atoms. The van der Waals surface area contributed by atoms with Gasteiger partial charge in [0.05, 0.1) is 10.8 Å². The Morgan fingerprint density at radius 3 is 2.29 bits per heavy atom. The number of carbonyl (C=O) groups is 1. The van der Waals surface area contributed by atoms with Crippen molar-refractivity contribution < 1.29 is 13.2 Å². The zero-order valence-electron chi connectivity index (χ0n) is 13.5. The Bertz CT molecular complexity index is 654. The quantitative estimate of drug-likeness (QED) is 0.810. The maximum absolute atomic E-state index is 12.5. The number of hydrogen-bond acceptors (Lipinski definition) is 4. The third-order valence-corrected chi connectivity index (χ3v) is 6.41. The molecule has 0 aliphatic carbocycles. The van der Waals surface area contributed by atoms with E-state index in [0.29, 0.717) is 24.5 Å². The van der Waals surface area contributed by atoms with E-state index in [9.17, 15) is 13.2 Å². The first-order chi connectivity index (χ1) is 11.1. The van der Waals surface area contributed by atoms with Gasteiger partial charge < -0.3 is 10.6 Å². The minimum Gasteiger partial charge on any atom is -0.352 e. The largest absolute Gasteiger partial charge is 0.352 e. The topological polar surface area (TPSA) is 78.5 Å². The average molecular weight is 374 g/mol. The summed E-state index contributed by atoms with van der Waals surface area (Å²) in [4.78, 5) is 12.1. The van der Waals surface area contributed by atoms with Crippen LogP contribution in [-0.4, -0.2) is 44.8 Å². The molecule has 2 N–H and O–H groups in total. The Morgan fingerprint density at radius 2 is 1.75 bits per heavy atom. The molecule has 2 aliphatic heterocycles. The van der Waals surface area contributed by atoms with E-state index in [1.165, 1.54) is 0 Å². The molecule has 2 saturated heterocycles. The maximum atomic E-state index is 12.5. The first-order valence-electron chi connectivity index (χ1n) is 8.15. The van der Waals surface area contributed by atoms with Gasteiger partial charge in [-0.3, -0.25) is 4.79 Å². The van der Waals surface area contributed by atoms with Gasteiger partial charge in [0.1, 0.15) is 0 Å². The highest BCUT2D eigenvalue weighted by molar-refractivity contribution is 7.89. The van der Waals surface area contributed by atoms with Gasteiger partial charge in [-0.15, -0.1) is 12.4 Å². The molecule has 0 saturated carbocycles. The van der Waals surface area contributed by atoms with Crippen LogP contribution < -0.4 is 10.6 Å². The van der Waals surface area contributed by atoms with Crippen molar-refractivity contribution in [1.82, 2.24) is 14.9 Å². The summed E-state index contributed by atoms with van der Waals surface area (Å²) >= 11 is 0. The Labute approximate surface area is 149 Å². The summed E-state index contributed by atoms with van der Waals surface area (Å²) in [6, 6.07) is 6.82. The number of piperidine rings is 1. The average Bonchev–Trinajstić information content (AvgIpc) is 2.52. The van der Waals surface area contributed by atoms with E-state index in [0.717, 1.165) is 37.9 Å². The van der Waals surface area contributed by atoms with Crippen LogP contribution in [0.3, 0.4) is 0 Å². The van der Waals surface area contributed by atoms with E-state index < -0.39 is 10.0 Å². The van der Waals surface area contributed by atoms with Crippen molar-refractivity contribution in [2.45, 2.75) is 30.7 Å². The second-order valence-corrected chi connectivity index (χ2v) is 8.12. The minimum atomic E-state index is -3.38. The molecule has 3 rings (SSSR count). The fraction of sp³-hybridized carbons (Fsp3) is 0.562. The summed E-state index contributed by atoms with van der Waals surface area (Å²) < 4.78 is 26.7. The van der Waals surface area contributed by atoms with Crippen LogP contribution in [0.2, 0.25) is 0 Å². The second-order valence-electron chi connectivity index (χ2n) is 6.18. The van der Waals surface area contributed by atoms with E-state index in [1.807, 2.05) is 0 Å². The standard InChI is InChI=1S/C16H23N3O3S.ClH/c20-16(14-11-17-12-14)18-10-13-4-6-15(7-5-13)23(21,22)19-8-2-1-3-9-19;/h4-7,14,17H,1-3,8-12H2,(H,18,20);1H. The van der Waals surface area contributed by atoms with Gasteiger partial charge in [-0.2, -0.15) is 4.31 Å². The lowest BCUT2D eigenvalue weighted by Gasteiger charge is -2.26. The predicted octanol–water partition coefficient (Wildman–Crippen LogP) is 1.12. The third-order valence-electron chi connectivity index (χ3n) is 4.50. The summed E-state index contributed by atoms with van der Waals surface area (Å²) in [7, 11) is -3.38. The van der Waals surface area contributed by atoms with Gasteiger partial charge in [0, 0.05) is 32.7 Å². The molecule has 24 heavy (non-hydrogen) atoms. The number of halogens is 1. The lowest BCUT2D eigenvalue weighted by molar-refractivity contribution is -0.126. The molecule has 0 spiro atoms. The fourth-order valence-corrected chi connectivity index (χ4v) is 4.36. The first kappa shape index (κ1) is 19.2. The Kier molecular flexibility index (Phi) is 6.62. The summed E-state index contributed by atoms with van der Waals surface area (Å²) in [6.07, 6.45) is 2.96. The molecular formula is C16H24ClN3O3S. The van der Waals surface area contributed by atoms with Crippen LogP contribution >= 0.6 is 12.4 Å². The van der Waals surface area contributed by atoms with Gasteiger partial charge in [0.25, 0.3) is 0 Å². The Morgan fingerprint density at radius 1 is 1.12 bits per heavy atom. The van der Waals surface area contributed by atoms with Crippen LogP contribution in [0.15, 0.2) is 29.2 Å². The van der Waals surface area contributed by atoms with Crippen LogP contribution in [0.1, 0.15) is 24.8 Å². The zero-order valence-corrected chi connectivity index (χ0v) is 15.2. The number of nitrogens with zero attached hydrogens (tertiary/aromatic N) is 1. The molecule has 1 amide bonds. The molecule has 0 radical (unpaired) electrons. The van der Waals surface area contributed by atoms with Crippen molar-refractivity contribution >= 4 is 28.3 Å². The lowest BCUT2D eigenvalue weighted by atomic mass is 10.0. The molecule has 0 unspecified atom stereocenters. The van der Waals surface area contributed by atoms with Gasteiger partial charge in [-0.1, -0.05) is 18.6 Å². The molecule has 2 aliphatic rings. The third kappa shape index (κ3) is 4.27.